The molecule has 0 fully saturated rings. The molecule has 0 spiro atoms. The van der Waals surface area contributed by atoms with Crippen molar-refractivity contribution in [2.24, 2.45) is 0 Å². The quantitative estimate of drug-likeness (QED) is 0.776. The molecule has 2 rings (SSSR count). The van der Waals surface area contributed by atoms with Crippen LogP contribution in [-0.4, -0.2) is 7.11 Å². The van der Waals surface area contributed by atoms with Crippen molar-refractivity contribution in [3.8, 4) is 16.9 Å². The lowest BCUT2D eigenvalue weighted by atomic mass is 10.0. The second-order valence-electron chi connectivity index (χ2n) is 4.21. The molecule has 0 saturated carbocycles. The molecule has 2 aromatic carbocycles. The highest BCUT2D eigenvalue weighted by Gasteiger charge is 2.08. The maximum absolute atomic E-state index is 5.42. The fourth-order valence-corrected chi connectivity index (χ4v) is 1.99. The minimum atomic E-state index is 0.865. The molecule has 88 valence electrons. The molecule has 2 aromatic rings. The van der Waals surface area contributed by atoms with Crippen LogP contribution < -0.4 is 4.74 Å². The van der Waals surface area contributed by atoms with Crippen molar-refractivity contribution in [1.29, 1.82) is 0 Å². The lowest BCUT2D eigenvalue weighted by Crippen LogP contribution is -1.90. The number of hydrogen-bond donors (Lipinski definition) is 1. The first-order chi connectivity index (χ1) is 8.11. The number of thiol groups is 1. The minimum Gasteiger partial charge on any atom is -0.496 e. The molecule has 0 atom stereocenters. The van der Waals surface area contributed by atoms with Crippen LogP contribution in [0.5, 0.6) is 5.75 Å². The minimum absolute atomic E-state index is 0.865. The second-order valence-corrected chi connectivity index (χ2v) is 4.69. The predicted molar refractivity (Wildman–Crippen MR) is 75.2 cm³/mol. The van der Waals surface area contributed by atoms with Crippen molar-refractivity contribution < 1.29 is 4.74 Å². The van der Waals surface area contributed by atoms with E-state index in [4.69, 9.17) is 4.74 Å². The van der Waals surface area contributed by atoms with Gasteiger partial charge >= 0.3 is 0 Å². The van der Waals surface area contributed by atoms with Gasteiger partial charge in [-0.25, -0.2) is 0 Å². The molecule has 0 aliphatic carbocycles. The monoisotopic (exact) mass is 244 g/mol. The Morgan fingerprint density at radius 1 is 1.00 bits per heavy atom. The van der Waals surface area contributed by atoms with Gasteiger partial charge in [-0.05, 0) is 37.1 Å². The molecule has 0 aliphatic heterocycles. The molecule has 0 bridgehead atoms. The summed E-state index contributed by atoms with van der Waals surface area (Å²) in [6.07, 6.45) is 0. The van der Waals surface area contributed by atoms with Gasteiger partial charge in [-0.3, -0.25) is 0 Å². The number of hydrogen-bond acceptors (Lipinski definition) is 2. The zero-order valence-corrected chi connectivity index (χ0v) is 11.2. The van der Waals surface area contributed by atoms with Crippen molar-refractivity contribution in [2.45, 2.75) is 18.7 Å². The molecule has 0 saturated heterocycles. The summed E-state index contributed by atoms with van der Waals surface area (Å²) in [5, 5.41) is 0. The fraction of sp³-hybridized carbons (Fsp3) is 0.200. The van der Waals surface area contributed by atoms with E-state index in [0.29, 0.717) is 0 Å². The Labute approximate surface area is 108 Å². The van der Waals surface area contributed by atoms with E-state index < -0.39 is 0 Å². The molecule has 0 radical (unpaired) electrons. The third-order valence-corrected chi connectivity index (χ3v) is 3.36. The van der Waals surface area contributed by atoms with Crippen molar-refractivity contribution in [3.63, 3.8) is 0 Å². The Morgan fingerprint density at radius 2 is 1.65 bits per heavy atom. The summed E-state index contributed by atoms with van der Waals surface area (Å²) < 4.78 is 5.42. The normalized spacial score (nSPS) is 10.4. The molecule has 0 amide bonds. The van der Waals surface area contributed by atoms with Gasteiger partial charge in [0.05, 0.1) is 7.11 Å². The van der Waals surface area contributed by atoms with Crippen LogP contribution in [-0.2, 0) is 0 Å². The van der Waals surface area contributed by atoms with Crippen LogP contribution in [0.4, 0.5) is 0 Å². The number of aryl methyl sites for hydroxylation is 2. The van der Waals surface area contributed by atoms with Gasteiger partial charge in [0.1, 0.15) is 5.75 Å². The zero-order chi connectivity index (χ0) is 12.4. The van der Waals surface area contributed by atoms with E-state index in [9.17, 15) is 0 Å². The Bertz CT molecular complexity index is 529. The maximum atomic E-state index is 5.42. The molecule has 1 nitrogen and oxygen atoms in total. The van der Waals surface area contributed by atoms with E-state index in [1.807, 2.05) is 6.07 Å². The molecule has 0 aliphatic rings. The SMILES string of the molecule is COc1cc(S)c(C)cc1-c1ccc(C)cc1. The van der Waals surface area contributed by atoms with Gasteiger partial charge in [-0.1, -0.05) is 29.8 Å². The zero-order valence-electron chi connectivity index (χ0n) is 10.3. The lowest BCUT2D eigenvalue weighted by molar-refractivity contribution is 0.415. The van der Waals surface area contributed by atoms with Gasteiger partial charge in [0.15, 0.2) is 0 Å². The van der Waals surface area contributed by atoms with Crippen LogP contribution in [0, 0.1) is 13.8 Å². The first-order valence-electron chi connectivity index (χ1n) is 5.56. The summed E-state index contributed by atoms with van der Waals surface area (Å²) in [5.41, 5.74) is 4.70. The standard InChI is InChI=1S/C15H16OS/c1-10-4-6-12(7-5-10)13-8-11(2)15(17)9-14(13)16-3/h4-9,17H,1-3H3. The van der Waals surface area contributed by atoms with E-state index >= 15 is 0 Å². The summed E-state index contributed by atoms with van der Waals surface area (Å²) in [7, 11) is 1.69. The average molecular weight is 244 g/mol. The Hall–Kier alpha value is -1.41. The summed E-state index contributed by atoms with van der Waals surface area (Å²) in [6, 6.07) is 12.5. The maximum Gasteiger partial charge on any atom is 0.127 e. The first-order valence-corrected chi connectivity index (χ1v) is 6.01. The second kappa shape index (κ2) is 4.84. The number of benzene rings is 2. The van der Waals surface area contributed by atoms with E-state index in [1.54, 1.807) is 7.11 Å². The summed E-state index contributed by atoms with van der Waals surface area (Å²) in [6.45, 7) is 4.14. The molecule has 0 N–H and O–H groups in total. The predicted octanol–water partition coefficient (Wildman–Crippen LogP) is 4.27. The van der Waals surface area contributed by atoms with Crippen LogP contribution in [0.3, 0.4) is 0 Å². The van der Waals surface area contributed by atoms with Gasteiger partial charge < -0.3 is 4.74 Å². The van der Waals surface area contributed by atoms with E-state index in [-0.39, 0.29) is 0 Å². The summed E-state index contributed by atoms with van der Waals surface area (Å²) >= 11 is 4.42. The molecular weight excluding hydrogens is 228 g/mol. The van der Waals surface area contributed by atoms with Crippen molar-refractivity contribution in [3.05, 3.63) is 47.5 Å². The molecule has 0 aromatic heterocycles. The van der Waals surface area contributed by atoms with Gasteiger partial charge in [0.2, 0.25) is 0 Å². The molecular formula is C15H16OS. The van der Waals surface area contributed by atoms with Crippen LogP contribution in [0.25, 0.3) is 11.1 Å². The van der Waals surface area contributed by atoms with E-state index in [2.05, 4.69) is 56.8 Å². The van der Waals surface area contributed by atoms with E-state index in [0.717, 1.165) is 21.8 Å². The van der Waals surface area contributed by atoms with Crippen LogP contribution in [0.2, 0.25) is 0 Å². The average Bonchev–Trinajstić information content (AvgIpc) is 2.33. The van der Waals surface area contributed by atoms with Gasteiger partial charge in [0.25, 0.3) is 0 Å². The topological polar surface area (TPSA) is 9.23 Å². The van der Waals surface area contributed by atoms with E-state index in [1.165, 1.54) is 11.1 Å². The lowest BCUT2D eigenvalue weighted by Gasteiger charge is -2.11. The highest BCUT2D eigenvalue weighted by atomic mass is 32.1. The number of rotatable bonds is 2. The van der Waals surface area contributed by atoms with Crippen LogP contribution >= 0.6 is 12.6 Å². The molecule has 17 heavy (non-hydrogen) atoms. The molecule has 0 heterocycles. The highest BCUT2D eigenvalue weighted by Crippen LogP contribution is 2.33. The van der Waals surface area contributed by atoms with Gasteiger partial charge in [0, 0.05) is 10.5 Å². The first kappa shape index (κ1) is 12.1. The highest BCUT2D eigenvalue weighted by molar-refractivity contribution is 7.80. The van der Waals surface area contributed by atoms with Crippen LogP contribution in [0.15, 0.2) is 41.3 Å². The Balaban J connectivity index is 2.57. The molecule has 2 heteroatoms. The Kier molecular flexibility index (Phi) is 3.43. The third-order valence-electron chi connectivity index (χ3n) is 2.88. The summed E-state index contributed by atoms with van der Waals surface area (Å²) in [4.78, 5) is 0.956. The molecule has 0 unspecified atom stereocenters. The number of ether oxygens (including phenoxy) is 1. The Morgan fingerprint density at radius 3 is 2.24 bits per heavy atom. The van der Waals surface area contributed by atoms with Crippen molar-refractivity contribution in [2.75, 3.05) is 7.11 Å². The fourth-order valence-electron chi connectivity index (χ4n) is 1.80. The van der Waals surface area contributed by atoms with Crippen LogP contribution in [0.1, 0.15) is 11.1 Å². The van der Waals surface area contributed by atoms with Gasteiger partial charge in [-0.15, -0.1) is 12.6 Å². The largest absolute Gasteiger partial charge is 0.496 e. The van der Waals surface area contributed by atoms with Gasteiger partial charge in [-0.2, -0.15) is 0 Å². The summed E-state index contributed by atoms with van der Waals surface area (Å²) in [5.74, 6) is 0.865. The smallest absolute Gasteiger partial charge is 0.127 e. The van der Waals surface area contributed by atoms with Crippen molar-refractivity contribution >= 4 is 12.6 Å². The van der Waals surface area contributed by atoms with Crippen molar-refractivity contribution in [1.82, 2.24) is 0 Å². The third kappa shape index (κ3) is 2.47. The number of methoxy groups -OCH3 is 1.